The molecule has 11 heavy (non-hydrogen) atoms. The van der Waals surface area contributed by atoms with Crippen LogP contribution in [0.5, 0.6) is 0 Å². The van der Waals surface area contributed by atoms with Crippen LogP contribution in [-0.4, -0.2) is 14.1 Å². The van der Waals surface area contributed by atoms with Gasteiger partial charge in [-0.15, -0.1) is 0 Å². The minimum absolute atomic E-state index is 0. The number of hydrogen-bond acceptors (Lipinski definition) is 0. The fourth-order valence-electron chi connectivity index (χ4n) is 0.866. The van der Waals surface area contributed by atoms with Crippen LogP contribution < -0.4 is 37.2 Å². The summed E-state index contributed by atoms with van der Waals surface area (Å²) in [5, 5.41) is 4.48. The van der Waals surface area contributed by atoms with Crippen LogP contribution in [0.25, 0.3) is 0 Å². The van der Waals surface area contributed by atoms with E-state index in [1.54, 1.807) is 0 Å². The van der Waals surface area contributed by atoms with Crippen LogP contribution in [0.15, 0.2) is 0 Å². The first-order valence-corrected chi connectivity index (χ1v) is 5.80. The monoisotopic (exact) mass is 270 g/mol. The molecular weight excluding hydrogens is 256 g/mol. The third-order valence-electron chi connectivity index (χ3n) is 1.73. The Morgan fingerprint density at radius 1 is 0.727 bits per heavy atom. The summed E-state index contributed by atoms with van der Waals surface area (Å²) in [7, 11) is 0. The van der Waals surface area contributed by atoms with E-state index in [0.29, 0.717) is 0 Å². The number of rotatable bonds is 3. The van der Waals surface area contributed by atoms with E-state index in [2.05, 4.69) is 20.8 Å². The minimum atomic E-state index is -0.171. The SMILES string of the molecule is C[CH2][Al]([CH2]C)[CH2]C.[Cl-].[Cl-].[Cl-].[V]. The van der Waals surface area contributed by atoms with Crippen LogP contribution in [0.1, 0.15) is 20.8 Å². The first-order valence-electron chi connectivity index (χ1n) is 3.35. The smallest absolute Gasteiger partial charge is 0.261 e. The summed E-state index contributed by atoms with van der Waals surface area (Å²) in [5.41, 5.74) is 0. The van der Waals surface area contributed by atoms with Gasteiger partial charge < -0.3 is 37.2 Å². The molecule has 1 radical (unpaired) electrons. The van der Waals surface area contributed by atoms with Crippen molar-refractivity contribution in [2.75, 3.05) is 0 Å². The van der Waals surface area contributed by atoms with E-state index in [1.165, 1.54) is 15.8 Å². The Bertz CT molecular complexity index is 39.3. The maximum absolute atomic E-state index is 2.32. The molecule has 0 N–H and O–H groups in total. The third kappa shape index (κ3) is 18.7. The van der Waals surface area contributed by atoms with Gasteiger partial charge in [0, 0.05) is 18.6 Å². The molecule has 0 heterocycles. The van der Waals surface area contributed by atoms with Crippen molar-refractivity contribution in [2.45, 2.75) is 36.6 Å². The quantitative estimate of drug-likeness (QED) is 0.448. The van der Waals surface area contributed by atoms with Crippen LogP contribution in [0.4, 0.5) is 0 Å². The fourth-order valence-corrected chi connectivity index (χ4v) is 2.60. The Labute approximate surface area is 106 Å². The van der Waals surface area contributed by atoms with Crippen LogP contribution >= 0.6 is 0 Å². The van der Waals surface area contributed by atoms with Crippen LogP contribution in [0.2, 0.25) is 15.8 Å². The number of halogens is 3. The van der Waals surface area contributed by atoms with E-state index < -0.39 is 0 Å². The molecule has 0 spiro atoms. The Morgan fingerprint density at radius 2 is 0.909 bits per heavy atom. The van der Waals surface area contributed by atoms with Gasteiger partial charge in [0.2, 0.25) is 0 Å². The molecule has 71 valence electrons. The Hall–Kier alpha value is 1.99. The van der Waals surface area contributed by atoms with Crippen molar-refractivity contribution in [2.24, 2.45) is 0 Å². The van der Waals surface area contributed by atoms with Gasteiger partial charge in [-0.1, -0.05) is 36.6 Å². The summed E-state index contributed by atoms with van der Waals surface area (Å²) < 4.78 is 0. The molecule has 5 heteroatoms. The zero-order valence-electron chi connectivity index (χ0n) is 7.28. The van der Waals surface area contributed by atoms with Crippen molar-refractivity contribution >= 4 is 14.1 Å². The molecule has 0 saturated heterocycles. The Kier molecular flexibility index (Phi) is 60.3. The molecule has 0 aromatic carbocycles. The molecule has 0 amide bonds. The molecule has 0 aliphatic carbocycles. The molecule has 0 fully saturated rings. The molecule has 0 nitrogen and oxygen atoms in total. The van der Waals surface area contributed by atoms with E-state index in [1.807, 2.05) is 0 Å². The average Bonchev–Trinajstić information content (AvgIpc) is 1.72. The summed E-state index contributed by atoms with van der Waals surface area (Å²) in [6, 6.07) is 0. The van der Waals surface area contributed by atoms with Crippen LogP contribution in [0, 0.1) is 0 Å². The zero-order valence-corrected chi connectivity index (χ0v) is 12.1. The van der Waals surface area contributed by atoms with Gasteiger partial charge in [0.15, 0.2) is 0 Å². The molecule has 0 unspecified atom stereocenters. The molecular formula is C6H15AlCl3V-3. The Balaban J connectivity index is -0.0000000300. The molecule has 0 aromatic rings. The molecule has 0 bridgehead atoms. The maximum Gasteiger partial charge on any atom is 0.261 e. The first-order chi connectivity index (χ1) is 3.35. The summed E-state index contributed by atoms with van der Waals surface area (Å²) >= 11 is -0.171. The topological polar surface area (TPSA) is 0 Å². The molecule has 0 aliphatic heterocycles. The standard InChI is InChI=1S/3C2H5.Al.3ClH.V/c3*1-2;;;;;/h3*1H2,2H3;;3*1H;/p-3. The van der Waals surface area contributed by atoms with Crippen molar-refractivity contribution in [3.63, 3.8) is 0 Å². The van der Waals surface area contributed by atoms with Crippen molar-refractivity contribution in [3.05, 3.63) is 0 Å². The van der Waals surface area contributed by atoms with Crippen molar-refractivity contribution < 1.29 is 55.8 Å². The second-order valence-electron chi connectivity index (χ2n) is 2.09. The zero-order chi connectivity index (χ0) is 5.70. The van der Waals surface area contributed by atoms with E-state index in [9.17, 15) is 0 Å². The van der Waals surface area contributed by atoms with Gasteiger partial charge >= 0.3 is 0 Å². The summed E-state index contributed by atoms with van der Waals surface area (Å²) in [5.74, 6) is 0. The predicted molar refractivity (Wildman–Crippen MR) is 37.2 cm³/mol. The maximum atomic E-state index is 2.32. The largest absolute Gasteiger partial charge is 1.00 e. The molecule has 0 atom stereocenters. The first kappa shape index (κ1) is 29.3. The summed E-state index contributed by atoms with van der Waals surface area (Å²) in [4.78, 5) is 0. The minimum Gasteiger partial charge on any atom is -1.00 e. The fraction of sp³-hybridized carbons (Fsp3) is 1.00. The predicted octanol–water partition coefficient (Wildman–Crippen LogP) is -6.45. The van der Waals surface area contributed by atoms with E-state index in [-0.39, 0.29) is 69.9 Å². The van der Waals surface area contributed by atoms with Gasteiger partial charge in [0.25, 0.3) is 14.1 Å². The van der Waals surface area contributed by atoms with Crippen molar-refractivity contribution in [1.29, 1.82) is 0 Å². The summed E-state index contributed by atoms with van der Waals surface area (Å²) in [6.45, 7) is 6.97. The van der Waals surface area contributed by atoms with E-state index in [0.717, 1.165) is 0 Å². The summed E-state index contributed by atoms with van der Waals surface area (Å²) in [6.07, 6.45) is 0. The van der Waals surface area contributed by atoms with E-state index >= 15 is 0 Å². The van der Waals surface area contributed by atoms with Gasteiger partial charge in [-0.2, -0.15) is 0 Å². The average molecular weight is 271 g/mol. The van der Waals surface area contributed by atoms with Crippen molar-refractivity contribution in [1.82, 2.24) is 0 Å². The second-order valence-corrected chi connectivity index (χ2v) is 6.27. The van der Waals surface area contributed by atoms with Gasteiger partial charge in [-0.25, -0.2) is 0 Å². The van der Waals surface area contributed by atoms with Crippen LogP contribution in [-0.2, 0) is 18.6 Å². The molecule has 0 aromatic heterocycles. The van der Waals surface area contributed by atoms with Gasteiger partial charge in [0.05, 0.1) is 0 Å². The molecule has 0 aliphatic rings. The van der Waals surface area contributed by atoms with Crippen molar-refractivity contribution in [3.8, 4) is 0 Å². The van der Waals surface area contributed by atoms with Gasteiger partial charge in [-0.3, -0.25) is 0 Å². The van der Waals surface area contributed by atoms with Crippen LogP contribution in [0.3, 0.4) is 0 Å². The number of hydrogen-bond donors (Lipinski definition) is 0. The molecule has 0 rings (SSSR count). The van der Waals surface area contributed by atoms with E-state index in [4.69, 9.17) is 0 Å². The van der Waals surface area contributed by atoms with Gasteiger partial charge in [0.1, 0.15) is 0 Å². The Morgan fingerprint density at radius 3 is 0.909 bits per heavy atom. The third-order valence-corrected chi connectivity index (χ3v) is 5.20. The van der Waals surface area contributed by atoms with Gasteiger partial charge in [-0.05, 0) is 0 Å². The normalized spacial score (nSPS) is 5.73. The second kappa shape index (κ2) is 22.7. The molecule has 0 saturated carbocycles.